The lowest BCUT2D eigenvalue weighted by molar-refractivity contribution is 0.602. The molecule has 0 bridgehead atoms. The Bertz CT molecular complexity index is 861. The molecule has 0 spiro atoms. The van der Waals surface area contributed by atoms with Crippen molar-refractivity contribution in [1.82, 2.24) is 20.2 Å². The van der Waals surface area contributed by atoms with E-state index in [4.69, 9.17) is 0 Å². The molecule has 0 aliphatic heterocycles. The van der Waals surface area contributed by atoms with Gasteiger partial charge in [0, 0.05) is 11.9 Å². The molecule has 98 valence electrons. The van der Waals surface area contributed by atoms with Gasteiger partial charge in [0.05, 0.1) is 22.2 Å². The summed E-state index contributed by atoms with van der Waals surface area (Å²) < 4.78 is 23.5. The molecular weight excluding hydrogens is 264 g/mol. The van der Waals surface area contributed by atoms with Crippen LogP contribution in [0.5, 0.6) is 0 Å². The van der Waals surface area contributed by atoms with Crippen LogP contribution in [0.15, 0.2) is 29.3 Å². The fourth-order valence-electron chi connectivity index (χ4n) is 2.02. The average Bonchev–Trinajstić information content (AvgIpc) is 2.91. The first-order valence-corrected chi connectivity index (χ1v) is 7.55. The largest absolute Gasteiger partial charge is 0.338 e. The van der Waals surface area contributed by atoms with Crippen LogP contribution in [-0.2, 0) is 9.84 Å². The van der Waals surface area contributed by atoms with E-state index >= 15 is 0 Å². The Kier molecular flexibility index (Phi) is 2.46. The van der Waals surface area contributed by atoms with Crippen LogP contribution < -0.4 is 0 Å². The summed E-state index contributed by atoms with van der Waals surface area (Å²) in [7, 11) is -3.30. The van der Waals surface area contributed by atoms with Crippen molar-refractivity contribution in [3.63, 3.8) is 0 Å². The van der Waals surface area contributed by atoms with Crippen LogP contribution in [0.2, 0.25) is 0 Å². The lowest BCUT2D eigenvalue weighted by Crippen LogP contribution is -1.97. The van der Waals surface area contributed by atoms with Crippen molar-refractivity contribution in [3.05, 3.63) is 30.1 Å². The Labute approximate surface area is 109 Å². The topological polar surface area (TPSA) is 91.5 Å². The Balaban J connectivity index is 2.31. The Morgan fingerprint density at radius 3 is 2.68 bits per heavy atom. The Morgan fingerprint density at radius 2 is 2.05 bits per heavy atom. The van der Waals surface area contributed by atoms with Gasteiger partial charge in [-0.3, -0.25) is 5.10 Å². The van der Waals surface area contributed by atoms with Gasteiger partial charge in [-0.2, -0.15) is 5.10 Å². The molecule has 2 N–H and O–H groups in total. The second-order valence-electron chi connectivity index (χ2n) is 4.42. The standard InChI is InChI=1S/C12H12N4O2S/c1-7-8(6-13-16-7)12-14-9-4-3-5-10(11(9)15-12)19(2,17)18/h3-6H,1-2H3,(H,13,16)(H,14,15). The highest BCUT2D eigenvalue weighted by atomic mass is 32.2. The maximum absolute atomic E-state index is 11.7. The van der Waals surface area contributed by atoms with E-state index in [-0.39, 0.29) is 4.90 Å². The fraction of sp³-hybridized carbons (Fsp3) is 0.167. The van der Waals surface area contributed by atoms with Crippen LogP contribution in [-0.4, -0.2) is 34.8 Å². The third-order valence-corrected chi connectivity index (χ3v) is 4.09. The first kappa shape index (κ1) is 11.9. The molecule has 7 heteroatoms. The average molecular weight is 276 g/mol. The number of nitrogens with one attached hydrogen (secondary N) is 2. The molecule has 6 nitrogen and oxygen atoms in total. The number of rotatable bonds is 2. The molecule has 3 rings (SSSR count). The van der Waals surface area contributed by atoms with E-state index in [1.165, 1.54) is 6.26 Å². The third-order valence-electron chi connectivity index (χ3n) is 2.96. The zero-order valence-corrected chi connectivity index (χ0v) is 11.2. The van der Waals surface area contributed by atoms with E-state index in [0.717, 1.165) is 11.3 Å². The number of benzene rings is 1. The summed E-state index contributed by atoms with van der Waals surface area (Å²) in [5.74, 6) is 0.609. The SMILES string of the molecule is Cc1[nH]ncc1-c1nc2c(S(C)(=O)=O)cccc2[nH]1. The quantitative estimate of drug-likeness (QED) is 0.744. The maximum atomic E-state index is 11.7. The lowest BCUT2D eigenvalue weighted by Gasteiger charge is -1.97. The highest BCUT2D eigenvalue weighted by Gasteiger charge is 2.16. The van der Waals surface area contributed by atoms with Crippen molar-refractivity contribution >= 4 is 20.9 Å². The second kappa shape index (κ2) is 3.92. The molecule has 1 aromatic carbocycles. The van der Waals surface area contributed by atoms with E-state index in [0.29, 0.717) is 16.9 Å². The highest BCUT2D eigenvalue weighted by molar-refractivity contribution is 7.91. The number of aromatic nitrogens is 4. The van der Waals surface area contributed by atoms with E-state index in [2.05, 4.69) is 20.2 Å². The third kappa shape index (κ3) is 1.91. The summed E-state index contributed by atoms with van der Waals surface area (Å²) in [6, 6.07) is 5.06. The van der Waals surface area contributed by atoms with Crippen molar-refractivity contribution < 1.29 is 8.42 Å². The lowest BCUT2D eigenvalue weighted by atomic mass is 10.2. The van der Waals surface area contributed by atoms with Gasteiger partial charge in [-0.15, -0.1) is 0 Å². The number of aryl methyl sites for hydroxylation is 1. The Morgan fingerprint density at radius 1 is 1.26 bits per heavy atom. The summed E-state index contributed by atoms with van der Waals surface area (Å²) in [6.45, 7) is 1.88. The molecule has 2 heterocycles. The minimum absolute atomic E-state index is 0.230. The number of sulfone groups is 1. The van der Waals surface area contributed by atoms with Crippen LogP contribution in [0.3, 0.4) is 0 Å². The predicted octanol–water partition coefficient (Wildman–Crippen LogP) is 1.66. The number of H-pyrrole nitrogens is 2. The number of aromatic amines is 2. The maximum Gasteiger partial charge on any atom is 0.177 e. The van der Waals surface area contributed by atoms with Gasteiger partial charge in [0.1, 0.15) is 11.3 Å². The zero-order chi connectivity index (χ0) is 13.6. The molecule has 0 amide bonds. The van der Waals surface area contributed by atoms with Gasteiger partial charge in [0.25, 0.3) is 0 Å². The fourth-order valence-corrected chi connectivity index (χ4v) is 2.85. The van der Waals surface area contributed by atoms with Crippen LogP contribution in [0, 0.1) is 6.92 Å². The number of hydrogen-bond donors (Lipinski definition) is 2. The molecule has 19 heavy (non-hydrogen) atoms. The molecule has 0 fully saturated rings. The summed E-state index contributed by atoms with van der Waals surface area (Å²) >= 11 is 0. The van der Waals surface area contributed by atoms with E-state index < -0.39 is 9.84 Å². The molecule has 0 atom stereocenters. The molecule has 0 radical (unpaired) electrons. The molecule has 3 aromatic rings. The van der Waals surface area contributed by atoms with Crippen molar-refractivity contribution in [2.45, 2.75) is 11.8 Å². The summed E-state index contributed by atoms with van der Waals surface area (Å²) in [5, 5.41) is 6.76. The first-order valence-electron chi connectivity index (χ1n) is 5.66. The van der Waals surface area contributed by atoms with Crippen LogP contribution in [0.25, 0.3) is 22.4 Å². The molecule has 0 aliphatic carbocycles. The van der Waals surface area contributed by atoms with Crippen molar-refractivity contribution in [2.75, 3.05) is 6.26 Å². The van der Waals surface area contributed by atoms with E-state index in [9.17, 15) is 8.42 Å². The molecule has 0 unspecified atom stereocenters. The highest BCUT2D eigenvalue weighted by Crippen LogP contribution is 2.26. The van der Waals surface area contributed by atoms with Gasteiger partial charge < -0.3 is 4.98 Å². The monoisotopic (exact) mass is 276 g/mol. The number of hydrogen-bond acceptors (Lipinski definition) is 4. The van der Waals surface area contributed by atoms with Gasteiger partial charge in [-0.1, -0.05) is 6.07 Å². The number of imidazole rings is 1. The van der Waals surface area contributed by atoms with Gasteiger partial charge in [0.2, 0.25) is 0 Å². The first-order chi connectivity index (χ1) is 8.97. The predicted molar refractivity (Wildman–Crippen MR) is 71.5 cm³/mol. The van der Waals surface area contributed by atoms with E-state index in [1.54, 1.807) is 24.4 Å². The van der Waals surface area contributed by atoms with Gasteiger partial charge in [-0.25, -0.2) is 13.4 Å². The molecule has 0 saturated carbocycles. The number of nitrogens with zero attached hydrogens (tertiary/aromatic N) is 2. The van der Waals surface area contributed by atoms with E-state index in [1.807, 2.05) is 6.92 Å². The number of para-hydroxylation sites is 1. The van der Waals surface area contributed by atoms with Crippen LogP contribution >= 0.6 is 0 Å². The normalized spacial score (nSPS) is 12.1. The molecular formula is C12H12N4O2S. The molecule has 0 aliphatic rings. The van der Waals surface area contributed by atoms with Crippen molar-refractivity contribution in [3.8, 4) is 11.4 Å². The molecule has 0 saturated heterocycles. The number of fused-ring (bicyclic) bond motifs is 1. The van der Waals surface area contributed by atoms with Gasteiger partial charge in [0.15, 0.2) is 9.84 Å². The summed E-state index contributed by atoms with van der Waals surface area (Å²) in [5.41, 5.74) is 2.86. The smallest absolute Gasteiger partial charge is 0.177 e. The van der Waals surface area contributed by atoms with Crippen LogP contribution in [0.4, 0.5) is 0 Å². The minimum atomic E-state index is -3.30. The van der Waals surface area contributed by atoms with Crippen LogP contribution in [0.1, 0.15) is 5.69 Å². The van der Waals surface area contributed by atoms with Gasteiger partial charge in [-0.05, 0) is 19.1 Å². The van der Waals surface area contributed by atoms with Gasteiger partial charge >= 0.3 is 0 Å². The summed E-state index contributed by atoms with van der Waals surface area (Å²) in [6.07, 6.45) is 2.84. The minimum Gasteiger partial charge on any atom is -0.338 e. The van der Waals surface area contributed by atoms with Crippen molar-refractivity contribution in [2.24, 2.45) is 0 Å². The summed E-state index contributed by atoms with van der Waals surface area (Å²) in [4.78, 5) is 7.73. The Hall–Kier alpha value is -2.15. The second-order valence-corrected chi connectivity index (χ2v) is 6.40. The van der Waals surface area contributed by atoms with Crippen molar-refractivity contribution in [1.29, 1.82) is 0 Å². The molecule has 2 aromatic heterocycles. The zero-order valence-electron chi connectivity index (χ0n) is 10.4.